The van der Waals surface area contributed by atoms with Crippen molar-refractivity contribution in [2.75, 3.05) is 0 Å². The van der Waals surface area contributed by atoms with Crippen molar-refractivity contribution >= 4 is 43.2 Å². The van der Waals surface area contributed by atoms with Gasteiger partial charge in [-0.15, -0.1) is 0 Å². The van der Waals surface area contributed by atoms with E-state index in [1.165, 1.54) is 0 Å². The summed E-state index contributed by atoms with van der Waals surface area (Å²) in [5, 5.41) is 22.1. The topological polar surface area (TPSA) is 92.7 Å². The predicted molar refractivity (Wildman–Crippen MR) is 149 cm³/mol. The summed E-state index contributed by atoms with van der Waals surface area (Å²) in [4.78, 5) is 25.2. The molecule has 0 aliphatic heterocycles. The number of nitro benzene ring substituents is 1. The summed E-state index contributed by atoms with van der Waals surface area (Å²) in [5.74, 6) is -0.429. The van der Waals surface area contributed by atoms with Crippen molar-refractivity contribution in [2.45, 2.75) is 0 Å². The maximum atomic E-state index is 14.1. The molecule has 0 atom stereocenters. The number of aromatic hydroxyl groups is 1. The Balaban J connectivity index is 1.95. The first-order valence-corrected chi connectivity index (χ1v) is 18.0. The van der Waals surface area contributed by atoms with Crippen LogP contribution in [0.15, 0.2) is 140 Å². The monoisotopic (exact) mass is 613 g/mol. The van der Waals surface area contributed by atoms with Gasteiger partial charge in [-0.3, -0.25) is 0 Å². The summed E-state index contributed by atoms with van der Waals surface area (Å²) in [7, 11) is 0. The summed E-state index contributed by atoms with van der Waals surface area (Å²) in [6, 6.07) is 41.7. The molecule has 1 N–H and O–H groups in total. The van der Waals surface area contributed by atoms with Crippen LogP contribution in [0.5, 0.6) is 5.75 Å². The van der Waals surface area contributed by atoms with Crippen LogP contribution in [-0.4, -0.2) is 32.8 Å². The molecular formula is C30H24N2O5Sb+. The van der Waals surface area contributed by atoms with E-state index >= 15 is 0 Å². The summed E-state index contributed by atoms with van der Waals surface area (Å²) >= 11 is -5.58. The Kier molecular flexibility index (Phi) is 6.70. The zero-order valence-corrected chi connectivity index (χ0v) is 22.8. The number of non-ortho nitro benzene ring substituents is 1. The van der Waals surface area contributed by atoms with Crippen LogP contribution in [0, 0.1) is 15.0 Å². The first-order chi connectivity index (χ1) is 18.5. The van der Waals surface area contributed by atoms with Crippen LogP contribution in [0.2, 0.25) is 0 Å². The Bertz CT molecular complexity index is 1430. The van der Waals surface area contributed by atoms with Gasteiger partial charge < -0.3 is 0 Å². The molecule has 38 heavy (non-hydrogen) atoms. The minimum absolute atomic E-state index is 0.254. The maximum absolute atomic E-state index is 14.1. The molecule has 8 heteroatoms. The van der Waals surface area contributed by atoms with Crippen LogP contribution >= 0.6 is 0 Å². The molecule has 7 nitrogen and oxygen atoms in total. The fourth-order valence-corrected chi connectivity index (χ4v) is 20.6. The van der Waals surface area contributed by atoms with Crippen LogP contribution in [0.1, 0.15) is 0 Å². The van der Waals surface area contributed by atoms with Crippen LogP contribution in [0.3, 0.4) is 0 Å². The molecule has 188 valence electrons. The molecule has 0 unspecified atom stereocenters. The van der Waals surface area contributed by atoms with Crippen molar-refractivity contribution in [3.63, 3.8) is 0 Å². The quantitative estimate of drug-likeness (QED) is 0.161. The molecule has 0 aliphatic rings. The molecule has 0 heterocycles. The van der Waals surface area contributed by atoms with Crippen molar-refractivity contribution in [1.82, 2.24) is 0 Å². The molecule has 0 radical (unpaired) electrons. The molecule has 5 aromatic carbocycles. The normalized spacial score (nSPS) is 12.2. The second-order valence-electron chi connectivity index (χ2n) is 8.65. The van der Waals surface area contributed by atoms with Crippen molar-refractivity contribution in [1.29, 1.82) is 0 Å². The van der Waals surface area contributed by atoms with E-state index in [4.69, 9.17) is 3.12 Å². The SMILES string of the molecule is O=[N+]([O-])c1ccc(O)c([N+](=O)[O][Sb]([c]2ccccc2)([c]2ccccc2)([c]2ccccc2)[c]2ccccc2)c1. The van der Waals surface area contributed by atoms with Gasteiger partial charge in [0, 0.05) is 0 Å². The summed E-state index contributed by atoms with van der Waals surface area (Å²) < 4.78 is 10.1. The fourth-order valence-electron chi connectivity index (χ4n) is 4.90. The Labute approximate surface area is 220 Å². The molecule has 5 rings (SSSR count). The van der Waals surface area contributed by atoms with E-state index in [1.807, 2.05) is 121 Å². The summed E-state index contributed by atoms with van der Waals surface area (Å²) in [6.07, 6.45) is 0. The number of rotatable bonds is 8. The number of phenolic OH excluding ortho intramolecular Hbond substituents is 1. The molecule has 5 aromatic rings. The van der Waals surface area contributed by atoms with Crippen molar-refractivity contribution < 1.29 is 18.1 Å². The van der Waals surface area contributed by atoms with Gasteiger partial charge in [0.05, 0.1) is 0 Å². The molecule has 0 spiro atoms. The van der Waals surface area contributed by atoms with Crippen LogP contribution in [-0.2, 0) is 3.12 Å². The number of benzene rings is 5. The van der Waals surface area contributed by atoms with Gasteiger partial charge in [0.15, 0.2) is 0 Å². The molecule has 0 amide bonds. The molecule has 0 aliphatic carbocycles. The third-order valence-electron chi connectivity index (χ3n) is 6.60. The molecule has 0 saturated carbocycles. The van der Waals surface area contributed by atoms with E-state index in [9.17, 15) is 20.1 Å². The Morgan fingerprint density at radius 1 is 0.579 bits per heavy atom. The zero-order chi connectivity index (χ0) is 26.6. The van der Waals surface area contributed by atoms with Crippen LogP contribution in [0.25, 0.3) is 0 Å². The number of phenols is 1. The van der Waals surface area contributed by atoms with E-state index in [1.54, 1.807) is 0 Å². The second kappa shape index (κ2) is 10.1. The van der Waals surface area contributed by atoms with Crippen molar-refractivity contribution in [2.24, 2.45) is 0 Å². The molecule has 0 aromatic heterocycles. The fraction of sp³-hybridized carbons (Fsp3) is 0. The second-order valence-corrected chi connectivity index (χ2v) is 20.9. The van der Waals surface area contributed by atoms with Crippen molar-refractivity contribution in [3.05, 3.63) is 155 Å². The number of hydrogen-bond acceptors (Lipinski definition) is 5. The Morgan fingerprint density at radius 3 is 1.29 bits per heavy atom. The van der Waals surface area contributed by atoms with E-state index in [0.29, 0.717) is 0 Å². The molecule has 0 saturated heterocycles. The van der Waals surface area contributed by atoms with Gasteiger partial charge in [0.25, 0.3) is 0 Å². The Morgan fingerprint density at radius 2 is 0.947 bits per heavy atom. The molecule has 0 fully saturated rings. The zero-order valence-electron chi connectivity index (χ0n) is 20.2. The molecular weight excluding hydrogens is 590 g/mol. The number of hydrogen-bond donors (Lipinski definition) is 1. The van der Waals surface area contributed by atoms with Gasteiger partial charge >= 0.3 is 222 Å². The van der Waals surface area contributed by atoms with E-state index in [0.717, 1.165) is 32.2 Å². The third-order valence-corrected chi connectivity index (χ3v) is 22.6. The van der Waals surface area contributed by atoms with Gasteiger partial charge in [-0.1, -0.05) is 0 Å². The Hall–Kier alpha value is -4.48. The summed E-state index contributed by atoms with van der Waals surface area (Å²) in [6.45, 7) is 0. The number of nitrogens with zero attached hydrogens (tertiary/aromatic N) is 2. The first kappa shape index (κ1) is 25.2. The first-order valence-electron chi connectivity index (χ1n) is 11.9. The van der Waals surface area contributed by atoms with Gasteiger partial charge in [-0.25, -0.2) is 0 Å². The molecule has 0 bridgehead atoms. The van der Waals surface area contributed by atoms with Gasteiger partial charge in [0.2, 0.25) is 0 Å². The van der Waals surface area contributed by atoms with E-state index in [-0.39, 0.29) is 16.3 Å². The van der Waals surface area contributed by atoms with Crippen molar-refractivity contribution in [3.8, 4) is 5.75 Å². The average Bonchev–Trinajstić information content (AvgIpc) is 2.98. The standard InChI is InChI=1S/C6H4N2O5.4C6H5.Sb/c9-6-2-1-4(7(10)11)3-5(6)8(12)13;4*1-2-4-6-5-3-1;/h1-3,9H;4*1-5H;/q;;;;;+1. The van der Waals surface area contributed by atoms with Gasteiger partial charge in [0.1, 0.15) is 0 Å². The van der Waals surface area contributed by atoms with Gasteiger partial charge in [-0.2, -0.15) is 0 Å². The predicted octanol–water partition coefficient (Wildman–Crippen LogP) is 4.17. The summed E-state index contributed by atoms with van der Waals surface area (Å²) in [5.41, 5.74) is -0.689. The average molecular weight is 614 g/mol. The van der Waals surface area contributed by atoms with Gasteiger partial charge in [-0.05, 0) is 0 Å². The number of nitro groups is 1. The van der Waals surface area contributed by atoms with Crippen LogP contribution in [0.4, 0.5) is 11.4 Å². The third kappa shape index (κ3) is 3.92. The van der Waals surface area contributed by atoms with Crippen LogP contribution < -0.4 is 14.0 Å². The van der Waals surface area contributed by atoms with E-state index in [2.05, 4.69) is 0 Å². The van der Waals surface area contributed by atoms with E-state index < -0.39 is 28.5 Å². The minimum atomic E-state index is -5.58.